The summed E-state index contributed by atoms with van der Waals surface area (Å²) in [6.45, 7) is 1.54. The lowest BCUT2D eigenvalue weighted by atomic mass is 10.00. The van der Waals surface area contributed by atoms with Gasteiger partial charge in [-0.15, -0.1) is 0 Å². The Labute approximate surface area is 236 Å². The average molecular weight is 552 g/mol. The van der Waals surface area contributed by atoms with Gasteiger partial charge >= 0.3 is 0 Å². The summed E-state index contributed by atoms with van der Waals surface area (Å²) in [5.74, 6) is 0.0638. The molecule has 2 aliphatic rings. The summed E-state index contributed by atoms with van der Waals surface area (Å²) in [5, 5.41) is 9.40. The summed E-state index contributed by atoms with van der Waals surface area (Å²) in [6, 6.07) is 10.9. The number of hydrogen-bond donors (Lipinski definition) is 3. The molecular formula is C30H40FN6O3+. The van der Waals surface area contributed by atoms with E-state index in [0.29, 0.717) is 36.6 Å². The molecule has 10 heteroatoms. The summed E-state index contributed by atoms with van der Waals surface area (Å²) in [7, 11) is 5.20. The van der Waals surface area contributed by atoms with Crippen molar-refractivity contribution in [2.75, 3.05) is 34.4 Å². The zero-order valence-electron chi connectivity index (χ0n) is 23.6. The van der Waals surface area contributed by atoms with E-state index in [-0.39, 0.29) is 17.7 Å². The van der Waals surface area contributed by atoms with Crippen LogP contribution in [0.5, 0.6) is 0 Å². The molecule has 0 aromatic heterocycles. The quantitative estimate of drug-likeness (QED) is 0.0969. The predicted molar refractivity (Wildman–Crippen MR) is 154 cm³/mol. The van der Waals surface area contributed by atoms with Crippen LogP contribution in [0.3, 0.4) is 0 Å². The lowest BCUT2D eigenvalue weighted by Gasteiger charge is -2.21. The number of terminal acetylenes is 1. The molecule has 0 spiro atoms. The minimum atomic E-state index is -0.647. The first-order chi connectivity index (χ1) is 19.3. The highest BCUT2D eigenvalue weighted by molar-refractivity contribution is 5.99. The molecule has 9 nitrogen and oxygen atoms in total. The number of allylic oxidation sites excluding steroid dienone is 3. The van der Waals surface area contributed by atoms with E-state index in [1.807, 2.05) is 37.2 Å². The molecule has 40 heavy (non-hydrogen) atoms. The van der Waals surface area contributed by atoms with Crippen LogP contribution in [0.15, 0.2) is 64.6 Å². The number of carbonyl (C=O) groups is 1. The van der Waals surface area contributed by atoms with E-state index in [1.54, 1.807) is 0 Å². The second kappa shape index (κ2) is 15.6. The van der Waals surface area contributed by atoms with Gasteiger partial charge in [-0.3, -0.25) is 15.1 Å². The fourth-order valence-corrected chi connectivity index (χ4v) is 4.94. The highest BCUT2D eigenvalue weighted by atomic mass is 19.1. The molecule has 1 aromatic carbocycles. The first kappa shape index (κ1) is 30.6. The van der Waals surface area contributed by atoms with Gasteiger partial charge in [0.2, 0.25) is 0 Å². The monoisotopic (exact) mass is 551 g/mol. The SMILES string of the molecule is C#CNCc1ccccc1/C(=N\CNC1CCCC(CNC(=O)C2=CC=C([N+](=O)OC)CC=C2F)CC1)N(C)C. The van der Waals surface area contributed by atoms with Crippen molar-refractivity contribution in [2.24, 2.45) is 10.9 Å². The first-order valence-electron chi connectivity index (χ1n) is 13.6. The lowest BCUT2D eigenvalue weighted by Crippen LogP contribution is -2.32. The van der Waals surface area contributed by atoms with Gasteiger partial charge in [-0.05, 0) is 49.3 Å². The van der Waals surface area contributed by atoms with E-state index in [0.717, 1.165) is 49.1 Å². The van der Waals surface area contributed by atoms with Crippen LogP contribution in [-0.4, -0.2) is 62.0 Å². The summed E-state index contributed by atoms with van der Waals surface area (Å²) in [5.41, 5.74) is 2.26. The molecule has 0 radical (unpaired) electrons. The van der Waals surface area contributed by atoms with Gasteiger partial charge in [-0.1, -0.05) is 37.1 Å². The second-order valence-corrected chi connectivity index (χ2v) is 10.1. The van der Waals surface area contributed by atoms with Crippen LogP contribution < -0.4 is 16.0 Å². The average Bonchev–Trinajstić information content (AvgIpc) is 3.30. The number of aliphatic imine (C=N–C) groups is 1. The number of carbonyl (C=O) groups excluding carboxylic acids is 1. The van der Waals surface area contributed by atoms with Crippen molar-refractivity contribution >= 4 is 11.7 Å². The number of benzene rings is 1. The molecule has 0 aliphatic heterocycles. The third-order valence-corrected chi connectivity index (χ3v) is 7.15. The number of nitrogens with zero attached hydrogens (tertiary/aromatic N) is 3. The molecule has 0 saturated heterocycles. The molecule has 2 atom stereocenters. The Bertz CT molecular complexity index is 1210. The van der Waals surface area contributed by atoms with Crippen molar-refractivity contribution in [1.29, 1.82) is 0 Å². The molecule has 2 unspecified atom stereocenters. The maximum absolute atomic E-state index is 14.5. The number of hydrogen-bond acceptors (Lipinski definition) is 6. The zero-order chi connectivity index (χ0) is 28.9. The summed E-state index contributed by atoms with van der Waals surface area (Å²) in [6.07, 6.45) is 14.3. The topological polar surface area (TPSA) is 98.1 Å². The predicted octanol–water partition coefficient (Wildman–Crippen LogP) is 3.70. The van der Waals surface area contributed by atoms with E-state index in [1.165, 1.54) is 25.3 Å². The van der Waals surface area contributed by atoms with E-state index >= 15 is 0 Å². The van der Waals surface area contributed by atoms with Crippen molar-refractivity contribution in [3.05, 3.63) is 75.6 Å². The molecule has 2 aliphatic carbocycles. The summed E-state index contributed by atoms with van der Waals surface area (Å²) >= 11 is 0. The maximum Gasteiger partial charge on any atom is 0.297 e. The third-order valence-electron chi connectivity index (χ3n) is 7.15. The fourth-order valence-electron chi connectivity index (χ4n) is 4.94. The zero-order valence-corrected chi connectivity index (χ0v) is 23.6. The van der Waals surface area contributed by atoms with Gasteiger partial charge in [-0.25, -0.2) is 9.23 Å². The molecule has 1 saturated carbocycles. The maximum atomic E-state index is 14.5. The van der Waals surface area contributed by atoms with Crippen molar-refractivity contribution in [1.82, 2.24) is 20.9 Å². The Morgan fingerprint density at radius 2 is 2.02 bits per heavy atom. The number of amidine groups is 1. The van der Waals surface area contributed by atoms with Crippen LogP contribution >= 0.6 is 0 Å². The molecule has 3 N–H and O–H groups in total. The summed E-state index contributed by atoms with van der Waals surface area (Å²) in [4.78, 5) is 36.2. The number of amides is 1. The van der Waals surface area contributed by atoms with Gasteiger partial charge in [0.1, 0.15) is 11.7 Å². The highest BCUT2D eigenvalue weighted by Gasteiger charge is 2.24. The minimum absolute atomic E-state index is 0.0447. The Morgan fingerprint density at radius 3 is 2.77 bits per heavy atom. The van der Waals surface area contributed by atoms with Crippen molar-refractivity contribution < 1.29 is 18.9 Å². The normalized spacial score (nSPS) is 19.6. The number of nitrogens with one attached hydrogen (secondary N) is 3. The molecule has 214 valence electrons. The Balaban J connectivity index is 1.52. The second-order valence-electron chi connectivity index (χ2n) is 10.1. The largest absolute Gasteiger partial charge is 0.362 e. The summed E-state index contributed by atoms with van der Waals surface area (Å²) < 4.78 is 14.5. The van der Waals surface area contributed by atoms with Gasteiger partial charge in [0, 0.05) is 50.9 Å². The third kappa shape index (κ3) is 8.78. The van der Waals surface area contributed by atoms with Crippen LogP contribution in [0.25, 0.3) is 0 Å². The molecule has 0 bridgehead atoms. The van der Waals surface area contributed by atoms with Gasteiger partial charge in [0.15, 0.2) is 7.11 Å². The number of rotatable bonds is 11. The van der Waals surface area contributed by atoms with Crippen molar-refractivity contribution in [3.8, 4) is 12.5 Å². The molecule has 1 aromatic rings. The van der Waals surface area contributed by atoms with Crippen molar-refractivity contribution in [2.45, 2.75) is 51.1 Å². The van der Waals surface area contributed by atoms with Gasteiger partial charge in [0.25, 0.3) is 16.5 Å². The van der Waals surface area contributed by atoms with Crippen LogP contribution in [0.4, 0.5) is 4.39 Å². The molecule has 1 fully saturated rings. The standard InChI is InChI=1S/C30H39FN6O3/c1-5-32-20-23-10-6-7-12-26(23)29(36(2)3)35-21-34-24-11-8-9-22(13-14-24)19-33-30(38)27-17-15-25(37(39)40-4)16-18-28(27)31/h1,6-7,10,12,15,17-18,22,24,32,34H,8-9,11,13-14,16,19-21H2,2-4H3/p+1/b35-29+. The van der Waals surface area contributed by atoms with Gasteiger partial charge in [0.05, 0.1) is 23.6 Å². The fraction of sp³-hybridized carbons (Fsp3) is 0.467. The highest BCUT2D eigenvalue weighted by Crippen LogP contribution is 2.24. The lowest BCUT2D eigenvalue weighted by molar-refractivity contribution is -0.762. The van der Waals surface area contributed by atoms with Gasteiger partial charge in [-0.2, -0.15) is 0 Å². The molecular weight excluding hydrogens is 511 g/mol. The number of halogens is 1. The van der Waals surface area contributed by atoms with E-state index in [9.17, 15) is 14.1 Å². The van der Waals surface area contributed by atoms with E-state index < -0.39 is 11.7 Å². The molecule has 3 rings (SSSR count). The Morgan fingerprint density at radius 1 is 1.23 bits per heavy atom. The molecule has 0 heterocycles. The molecule has 1 amide bonds. The first-order valence-corrected chi connectivity index (χ1v) is 13.6. The van der Waals surface area contributed by atoms with Crippen LogP contribution in [0.2, 0.25) is 0 Å². The van der Waals surface area contributed by atoms with Gasteiger partial charge < -0.3 is 15.5 Å². The van der Waals surface area contributed by atoms with Crippen LogP contribution in [0.1, 0.15) is 49.7 Å². The van der Waals surface area contributed by atoms with Crippen molar-refractivity contribution in [3.63, 3.8) is 0 Å². The van der Waals surface area contributed by atoms with Crippen LogP contribution in [-0.2, 0) is 16.2 Å². The van der Waals surface area contributed by atoms with Crippen LogP contribution in [0, 0.1) is 23.3 Å². The smallest absolute Gasteiger partial charge is 0.297 e. The Kier molecular flexibility index (Phi) is 11.9. The Hall–Kier alpha value is -3.97. The van der Waals surface area contributed by atoms with E-state index in [4.69, 9.17) is 11.4 Å². The van der Waals surface area contributed by atoms with E-state index in [2.05, 4.69) is 32.9 Å². The minimum Gasteiger partial charge on any atom is -0.362 e.